The second kappa shape index (κ2) is 5.80. The van der Waals surface area contributed by atoms with E-state index >= 15 is 0 Å². The molecule has 18 heavy (non-hydrogen) atoms. The summed E-state index contributed by atoms with van der Waals surface area (Å²) in [4.78, 5) is 2.01. The summed E-state index contributed by atoms with van der Waals surface area (Å²) in [5.74, 6) is 0.806. The van der Waals surface area contributed by atoms with Crippen LogP contribution >= 0.6 is 11.6 Å². The number of halogens is 1. The van der Waals surface area contributed by atoms with E-state index in [9.17, 15) is 0 Å². The van der Waals surface area contributed by atoms with Crippen LogP contribution in [0.3, 0.4) is 0 Å². The normalized spacial score (nSPS) is 10.4. The molecule has 0 aliphatic rings. The summed E-state index contributed by atoms with van der Waals surface area (Å²) in [5, 5.41) is 8.77. The largest absolute Gasteiger partial charge is 0.354 e. The van der Waals surface area contributed by atoms with Crippen molar-refractivity contribution in [1.82, 2.24) is 10.2 Å². The Morgan fingerprint density at radius 1 is 1.33 bits per heavy atom. The molecular weight excluding hydrogens is 248 g/mol. The van der Waals surface area contributed by atoms with E-state index in [2.05, 4.69) is 10.2 Å². The average molecular weight is 263 g/mol. The van der Waals surface area contributed by atoms with E-state index in [1.807, 2.05) is 42.3 Å². The molecule has 2 rings (SSSR count). The predicted octanol–water partition coefficient (Wildman–Crippen LogP) is 2.23. The van der Waals surface area contributed by atoms with Crippen molar-refractivity contribution in [2.75, 3.05) is 11.9 Å². The summed E-state index contributed by atoms with van der Waals surface area (Å²) in [6.45, 7) is 1.16. The third-order valence-electron chi connectivity index (χ3n) is 2.67. The summed E-state index contributed by atoms with van der Waals surface area (Å²) < 4.78 is 0. The van der Waals surface area contributed by atoms with Gasteiger partial charge in [0.1, 0.15) is 0 Å². The average Bonchev–Trinajstić information content (AvgIpc) is 2.38. The molecule has 0 fully saturated rings. The minimum Gasteiger partial charge on any atom is -0.354 e. The van der Waals surface area contributed by atoms with Crippen LogP contribution in [0.15, 0.2) is 36.5 Å². The second-order valence-corrected chi connectivity index (χ2v) is 4.51. The van der Waals surface area contributed by atoms with E-state index in [1.54, 1.807) is 6.20 Å². The van der Waals surface area contributed by atoms with E-state index in [4.69, 9.17) is 17.3 Å². The summed E-state index contributed by atoms with van der Waals surface area (Å²) in [5.41, 5.74) is 7.80. The van der Waals surface area contributed by atoms with Gasteiger partial charge in [-0.2, -0.15) is 5.10 Å². The highest BCUT2D eigenvalue weighted by atomic mass is 35.5. The lowest BCUT2D eigenvalue weighted by molar-refractivity contribution is 0.843. The van der Waals surface area contributed by atoms with E-state index in [0.29, 0.717) is 13.1 Å². The van der Waals surface area contributed by atoms with Gasteiger partial charge >= 0.3 is 0 Å². The zero-order valence-corrected chi connectivity index (χ0v) is 10.9. The molecule has 0 unspecified atom stereocenters. The number of benzene rings is 1. The van der Waals surface area contributed by atoms with Gasteiger partial charge in [-0.25, -0.2) is 0 Å². The molecule has 0 aliphatic heterocycles. The highest BCUT2D eigenvalue weighted by molar-refractivity contribution is 6.30. The molecule has 94 valence electrons. The second-order valence-electron chi connectivity index (χ2n) is 4.07. The minimum absolute atomic E-state index is 0.449. The first-order valence-corrected chi connectivity index (χ1v) is 6.04. The lowest BCUT2D eigenvalue weighted by atomic mass is 10.2. The number of hydrogen-bond donors (Lipinski definition) is 1. The third kappa shape index (κ3) is 2.97. The Morgan fingerprint density at radius 2 is 2.17 bits per heavy atom. The molecule has 0 radical (unpaired) electrons. The van der Waals surface area contributed by atoms with Gasteiger partial charge in [0.05, 0.1) is 6.20 Å². The molecule has 1 aromatic carbocycles. The standard InChI is InChI=1S/C13H15ClN4/c1-18(9-10-3-2-4-12(14)7-10)13-11(8-15)5-6-16-17-13/h2-7H,8-9,15H2,1H3. The Hall–Kier alpha value is -1.65. The fourth-order valence-corrected chi connectivity index (χ4v) is 2.03. The molecule has 4 nitrogen and oxygen atoms in total. The number of rotatable bonds is 4. The van der Waals surface area contributed by atoms with Crippen LogP contribution in [0.25, 0.3) is 0 Å². The van der Waals surface area contributed by atoms with Crippen LogP contribution in [0.1, 0.15) is 11.1 Å². The first kappa shape index (κ1) is 12.8. The van der Waals surface area contributed by atoms with Crippen LogP contribution < -0.4 is 10.6 Å². The predicted molar refractivity (Wildman–Crippen MR) is 73.5 cm³/mol. The molecule has 1 aromatic heterocycles. The molecule has 0 aliphatic carbocycles. The van der Waals surface area contributed by atoms with Crippen molar-refractivity contribution in [3.05, 3.63) is 52.7 Å². The molecule has 2 aromatic rings. The van der Waals surface area contributed by atoms with Crippen molar-refractivity contribution in [3.63, 3.8) is 0 Å². The van der Waals surface area contributed by atoms with Gasteiger partial charge in [-0.1, -0.05) is 23.7 Å². The molecule has 0 spiro atoms. The van der Waals surface area contributed by atoms with Gasteiger partial charge < -0.3 is 10.6 Å². The summed E-state index contributed by atoms with van der Waals surface area (Å²) in [6.07, 6.45) is 1.65. The Morgan fingerprint density at radius 3 is 2.89 bits per heavy atom. The number of hydrogen-bond acceptors (Lipinski definition) is 4. The van der Waals surface area contributed by atoms with Gasteiger partial charge in [0.25, 0.3) is 0 Å². The third-order valence-corrected chi connectivity index (χ3v) is 2.91. The number of anilines is 1. The molecule has 0 atom stereocenters. The zero-order chi connectivity index (χ0) is 13.0. The molecule has 5 heteroatoms. The van der Waals surface area contributed by atoms with Gasteiger partial charge in [0.2, 0.25) is 0 Å². The minimum atomic E-state index is 0.449. The molecule has 2 N–H and O–H groups in total. The maximum atomic E-state index is 5.97. The van der Waals surface area contributed by atoms with E-state index in [0.717, 1.165) is 22.0 Å². The van der Waals surface area contributed by atoms with Gasteiger partial charge in [0.15, 0.2) is 5.82 Å². The number of nitrogens with zero attached hydrogens (tertiary/aromatic N) is 3. The van der Waals surface area contributed by atoms with Crippen LogP contribution in [0.4, 0.5) is 5.82 Å². The highest BCUT2D eigenvalue weighted by Crippen LogP contribution is 2.18. The molecular formula is C13H15ClN4. The van der Waals surface area contributed by atoms with E-state index in [1.165, 1.54) is 0 Å². The van der Waals surface area contributed by atoms with E-state index < -0.39 is 0 Å². The Labute approximate surface area is 111 Å². The molecule has 0 saturated heterocycles. The fourth-order valence-electron chi connectivity index (χ4n) is 1.81. The molecule has 0 amide bonds. The Kier molecular flexibility index (Phi) is 4.12. The van der Waals surface area contributed by atoms with Crippen molar-refractivity contribution in [3.8, 4) is 0 Å². The SMILES string of the molecule is CN(Cc1cccc(Cl)c1)c1nnccc1CN. The van der Waals surface area contributed by atoms with Gasteiger partial charge in [0, 0.05) is 30.7 Å². The number of aromatic nitrogens is 2. The lowest BCUT2D eigenvalue weighted by Gasteiger charge is -2.20. The number of nitrogens with two attached hydrogens (primary N) is 1. The highest BCUT2D eigenvalue weighted by Gasteiger charge is 2.09. The van der Waals surface area contributed by atoms with Crippen LogP contribution in [-0.2, 0) is 13.1 Å². The van der Waals surface area contributed by atoms with Crippen molar-refractivity contribution in [1.29, 1.82) is 0 Å². The maximum absolute atomic E-state index is 5.97. The van der Waals surface area contributed by atoms with Crippen molar-refractivity contribution in [2.45, 2.75) is 13.1 Å². The van der Waals surface area contributed by atoms with Gasteiger partial charge in [-0.3, -0.25) is 0 Å². The van der Waals surface area contributed by atoms with Crippen LogP contribution in [-0.4, -0.2) is 17.2 Å². The van der Waals surface area contributed by atoms with E-state index in [-0.39, 0.29) is 0 Å². The summed E-state index contributed by atoms with van der Waals surface area (Å²) in [6, 6.07) is 9.65. The first-order valence-electron chi connectivity index (χ1n) is 5.67. The maximum Gasteiger partial charge on any atom is 0.155 e. The molecule has 1 heterocycles. The summed E-state index contributed by atoms with van der Waals surface area (Å²) in [7, 11) is 1.96. The van der Waals surface area contributed by atoms with Crippen LogP contribution in [0.2, 0.25) is 5.02 Å². The monoisotopic (exact) mass is 262 g/mol. The van der Waals surface area contributed by atoms with Crippen LogP contribution in [0, 0.1) is 0 Å². The Balaban J connectivity index is 2.19. The quantitative estimate of drug-likeness (QED) is 0.918. The van der Waals surface area contributed by atoms with Gasteiger partial charge in [-0.05, 0) is 23.8 Å². The topological polar surface area (TPSA) is 55.0 Å². The fraction of sp³-hybridized carbons (Fsp3) is 0.231. The summed E-state index contributed by atoms with van der Waals surface area (Å²) >= 11 is 5.97. The van der Waals surface area contributed by atoms with Gasteiger partial charge in [-0.15, -0.1) is 5.10 Å². The Bertz CT molecular complexity index is 530. The zero-order valence-electron chi connectivity index (χ0n) is 10.2. The smallest absolute Gasteiger partial charge is 0.155 e. The van der Waals surface area contributed by atoms with Crippen molar-refractivity contribution >= 4 is 17.4 Å². The lowest BCUT2D eigenvalue weighted by Crippen LogP contribution is -2.20. The van der Waals surface area contributed by atoms with Crippen molar-refractivity contribution in [2.24, 2.45) is 5.73 Å². The molecule has 0 bridgehead atoms. The van der Waals surface area contributed by atoms with Crippen molar-refractivity contribution < 1.29 is 0 Å². The molecule has 0 saturated carbocycles. The van der Waals surface area contributed by atoms with Crippen LogP contribution in [0.5, 0.6) is 0 Å². The first-order chi connectivity index (χ1) is 8.70.